The normalized spacial score (nSPS) is 17.6. The molecule has 1 aliphatic heterocycles. The molecule has 1 fully saturated rings. The van der Waals surface area contributed by atoms with E-state index in [0.29, 0.717) is 31.7 Å². The molecule has 0 spiro atoms. The quantitative estimate of drug-likeness (QED) is 0.833. The lowest BCUT2D eigenvalue weighted by Gasteiger charge is -2.33. The molecule has 144 valence electrons. The largest absolute Gasteiger partial charge is 0.497 e. The number of primary sulfonamides is 1. The predicted molar refractivity (Wildman–Crippen MR) is 100 cm³/mol. The van der Waals surface area contributed by atoms with E-state index in [9.17, 15) is 13.2 Å². The van der Waals surface area contributed by atoms with Gasteiger partial charge in [-0.25, -0.2) is 13.6 Å². The Morgan fingerprint density at radius 3 is 2.67 bits per heavy atom. The van der Waals surface area contributed by atoms with E-state index in [2.05, 4.69) is 0 Å². The van der Waals surface area contributed by atoms with Gasteiger partial charge in [0.05, 0.1) is 24.7 Å². The Hall–Kier alpha value is -2.42. The van der Waals surface area contributed by atoms with E-state index in [1.807, 2.05) is 24.3 Å². The number of nitrogens with two attached hydrogens (primary N) is 1. The average molecular weight is 390 g/mol. The summed E-state index contributed by atoms with van der Waals surface area (Å²) in [6.07, 6.45) is 0.559. The van der Waals surface area contributed by atoms with Gasteiger partial charge in [-0.2, -0.15) is 0 Å². The zero-order chi connectivity index (χ0) is 19.4. The maximum absolute atomic E-state index is 12.7. The first-order valence-corrected chi connectivity index (χ1v) is 10.1. The Bertz CT molecular complexity index is 912. The molecule has 7 nitrogen and oxygen atoms in total. The van der Waals surface area contributed by atoms with Gasteiger partial charge in [-0.05, 0) is 42.0 Å². The molecule has 27 heavy (non-hydrogen) atoms. The Morgan fingerprint density at radius 2 is 2.00 bits per heavy atom. The van der Waals surface area contributed by atoms with Gasteiger partial charge >= 0.3 is 0 Å². The fourth-order valence-corrected chi connectivity index (χ4v) is 3.57. The van der Waals surface area contributed by atoms with Crippen LogP contribution in [0.15, 0.2) is 53.4 Å². The maximum atomic E-state index is 12.7. The number of hydrogen-bond donors (Lipinski definition) is 1. The molecule has 3 rings (SSSR count). The van der Waals surface area contributed by atoms with Gasteiger partial charge in [0.2, 0.25) is 10.0 Å². The number of sulfonamides is 1. The number of benzene rings is 2. The van der Waals surface area contributed by atoms with E-state index >= 15 is 0 Å². The van der Waals surface area contributed by atoms with Crippen LogP contribution >= 0.6 is 0 Å². The smallest absolute Gasteiger partial charge is 0.254 e. The minimum atomic E-state index is -3.77. The van der Waals surface area contributed by atoms with Crippen molar-refractivity contribution in [2.45, 2.75) is 17.4 Å². The third kappa shape index (κ3) is 4.85. The average Bonchev–Trinajstić information content (AvgIpc) is 2.67. The summed E-state index contributed by atoms with van der Waals surface area (Å²) in [5, 5.41) is 5.09. The van der Waals surface area contributed by atoms with Gasteiger partial charge in [-0.15, -0.1) is 0 Å². The fourth-order valence-electron chi connectivity index (χ4n) is 3.06. The van der Waals surface area contributed by atoms with Crippen LogP contribution in [0, 0.1) is 0 Å². The van der Waals surface area contributed by atoms with Crippen LogP contribution in [0.1, 0.15) is 15.9 Å². The van der Waals surface area contributed by atoms with Gasteiger partial charge < -0.3 is 14.4 Å². The minimum absolute atomic E-state index is 0.0167. The van der Waals surface area contributed by atoms with Crippen LogP contribution in [0.3, 0.4) is 0 Å². The van der Waals surface area contributed by atoms with Crippen molar-refractivity contribution in [2.75, 3.05) is 26.8 Å². The third-order valence-corrected chi connectivity index (χ3v) is 5.38. The zero-order valence-electron chi connectivity index (χ0n) is 15.0. The summed E-state index contributed by atoms with van der Waals surface area (Å²) >= 11 is 0. The summed E-state index contributed by atoms with van der Waals surface area (Å²) in [5.41, 5.74) is 1.50. The molecule has 8 heteroatoms. The molecule has 1 atom stereocenters. The summed E-state index contributed by atoms with van der Waals surface area (Å²) in [7, 11) is -2.15. The van der Waals surface area contributed by atoms with Gasteiger partial charge in [0.1, 0.15) is 5.75 Å². The highest BCUT2D eigenvalue weighted by Gasteiger charge is 2.25. The second kappa shape index (κ2) is 8.08. The molecule has 0 bridgehead atoms. The minimum Gasteiger partial charge on any atom is -0.497 e. The summed E-state index contributed by atoms with van der Waals surface area (Å²) < 4.78 is 33.7. The van der Waals surface area contributed by atoms with E-state index in [4.69, 9.17) is 14.6 Å². The van der Waals surface area contributed by atoms with Crippen molar-refractivity contribution in [2.24, 2.45) is 5.14 Å². The molecule has 1 saturated heterocycles. The Morgan fingerprint density at radius 1 is 1.26 bits per heavy atom. The first kappa shape index (κ1) is 19.3. The SMILES string of the molecule is COc1cccc(CC2CN(C(=O)c3ccc(S(N)(=O)=O)cc3)CCO2)c1. The standard InChI is InChI=1S/C19H22N2O5S/c1-25-16-4-2-3-14(11-16)12-17-13-21(9-10-26-17)19(22)15-5-7-18(8-6-15)27(20,23)24/h2-8,11,17H,9-10,12-13H2,1H3,(H2,20,23,24). The highest BCUT2D eigenvalue weighted by Crippen LogP contribution is 2.18. The summed E-state index contributed by atoms with van der Waals surface area (Å²) in [6.45, 7) is 1.41. The Labute approximate surface area is 158 Å². The first-order chi connectivity index (χ1) is 12.9. The number of morpholine rings is 1. The number of carbonyl (C=O) groups excluding carboxylic acids is 1. The molecule has 2 aromatic carbocycles. The molecular formula is C19H22N2O5S. The number of nitrogens with zero attached hydrogens (tertiary/aromatic N) is 1. The van der Waals surface area contributed by atoms with Crippen molar-refractivity contribution in [3.8, 4) is 5.75 Å². The molecule has 1 amide bonds. The van der Waals surface area contributed by atoms with Crippen molar-refractivity contribution < 1.29 is 22.7 Å². The molecule has 1 unspecified atom stereocenters. The molecule has 0 saturated carbocycles. The second-order valence-electron chi connectivity index (χ2n) is 6.37. The highest BCUT2D eigenvalue weighted by molar-refractivity contribution is 7.89. The summed E-state index contributed by atoms with van der Waals surface area (Å²) in [6, 6.07) is 13.4. The Balaban J connectivity index is 1.67. The predicted octanol–water partition coefficient (Wildman–Crippen LogP) is 1.43. The molecule has 2 N–H and O–H groups in total. The topological polar surface area (TPSA) is 98.9 Å². The number of hydrogen-bond acceptors (Lipinski definition) is 5. The lowest BCUT2D eigenvalue weighted by molar-refractivity contribution is -0.0208. The highest BCUT2D eigenvalue weighted by atomic mass is 32.2. The monoisotopic (exact) mass is 390 g/mol. The van der Waals surface area contributed by atoms with Crippen LogP contribution < -0.4 is 9.88 Å². The fraction of sp³-hybridized carbons (Fsp3) is 0.316. The third-order valence-electron chi connectivity index (χ3n) is 4.45. The van der Waals surface area contributed by atoms with E-state index < -0.39 is 10.0 Å². The van der Waals surface area contributed by atoms with Crippen molar-refractivity contribution in [3.05, 3.63) is 59.7 Å². The van der Waals surface area contributed by atoms with Gasteiger partial charge in [0.25, 0.3) is 5.91 Å². The van der Waals surface area contributed by atoms with E-state index in [1.54, 1.807) is 12.0 Å². The number of carbonyl (C=O) groups is 1. The first-order valence-electron chi connectivity index (χ1n) is 8.53. The molecule has 0 aromatic heterocycles. The molecule has 1 heterocycles. The number of ether oxygens (including phenoxy) is 2. The van der Waals surface area contributed by atoms with Crippen molar-refractivity contribution in [1.82, 2.24) is 4.90 Å². The van der Waals surface area contributed by atoms with E-state index in [1.165, 1.54) is 24.3 Å². The molecular weight excluding hydrogens is 368 g/mol. The maximum Gasteiger partial charge on any atom is 0.254 e. The van der Waals surface area contributed by atoms with Crippen molar-refractivity contribution >= 4 is 15.9 Å². The summed E-state index contributed by atoms with van der Waals surface area (Å²) in [5.74, 6) is 0.626. The van der Waals surface area contributed by atoms with Gasteiger partial charge in [0, 0.05) is 25.1 Å². The van der Waals surface area contributed by atoms with Gasteiger partial charge in [0.15, 0.2) is 0 Å². The van der Waals surface area contributed by atoms with Crippen LogP contribution in [0.4, 0.5) is 0 Å². The van der Waals surface area contributed by atoms with Crippen molar-refractivity contribution in [3.63, 3.8) is 0 Å². The lowest BCUT2D eigenvalue weighted by atomic mass is 10.1. The van der Waals surface area contributed by atoms with Crippen LogP contribution in [-0.4, -0.2) is 52.1 Å². The van der Waals surface area contributed by atoms with E-state index in [0.717, 1.165) is 11.3 Å². The Kier molecular flexibility index (Phi) is 5.79. The number of rotatable bonds is 5. The zero-order valence-corrected chi connectivity index (χ0v) is 15.8. The van der Waals surface area contributed by atoms with Crippen LogP contribution in [0.25, 0.3) is 0 Å². The van der Waals surface area contributed by atoms with Crippen molar-refractivity contribution in [1.29, 1.82) is 0 Å². The lowest BCUT2D eigenvalue weighted by Crippen LogP contribution is -2.46. The van der Waals surface area contributed by atoms with Crippen LogP contribution in [-0.2, 0) is 21.2 Å². The molecule has 0 aliphatic carbocycles. The second-order valence-corrected chi connectivity index (χ2v) is 7.93. The van der Waals surface area contributed by atoms with Crippen LogP contribution in [0.2, 0.25) is 0 Å². The van der Waals surface area contributed by atoms with Gasteiger partial charge in [-0.1, -0.05) is 12.1 Å². The molecule has 0 radical (unpaired) electrons. The summed E-state index contributed by atoms with van der Waals surface area (Å²) in [4.78, 5) is 14.4. The molecule has 2 aromatic rings. The van der Waals surface area contributed by atoms with E-state index in [-0.39, 0.29) is 16.9 Å². The van der Waals surface area contributed by atoms with Gasteiger partial charge in [-0.3, -0.25) is 4.79 Å². The van der Waals surface area contributed by atoms with Crippen LogP contribution in [0.5, 0.6) is 5.75 Å². The number of amides is 1. The molecule has 1 aliphatic rings. The number of methoxy groups -OCH3 is 1.